The number of amides is 4. The maximum absolute atomic E-state index is 13.9. The van der Waals surface area contributed by atoms with Crippen molar-refractivity contribution >= 4 is 29.6 Å². The fourth-order valence-electron chi connectivity index (χ4n) is 5.39. The zero-order valence-corrected chi connectivity index (χ0v) is 30.1. The molecular weight excluding hydrogens is 657 g/mol. The van der Waals surface area contributed by atoms with Crippen LogP contribution in [0.15, 0.2) is 83.6 Å². The molecule has 0 saturated heterocycles. The zero-order chi connectivity index (χ0) is 36.0. The number of hydrogen-bond donors (Lipinski definition) is 4. The van der Waals surface area contributed by atoms with Gasteiger partial charge in [-0.05, 0) is 53.9 Å². The van der Waals surface area contributed by atoms with Gasteiger partial charge in [-0.25, -0.2) is 18.9 Å². The molecule has 0 aliphatic carbocycles. The minimum Gasteiger partial charge on any atom is -0.448 e. The van der Waals surface area contributed by atoms with Crippen LogP contribution in [0.3, 0.4) is 0 Å². The van der Waals surface area contributed by atoms with Crippen molar-refractivity contribution in [2.45, 2.75) is 90.3 Å². The van der Waals surface area contributed by atoms with Crippen molar-refractivity contribution in [3.63, 3.8) is 0 Å². The smallest absolute Gasteiger partial charge is 0.407 e. The highest BCUT2D eigenvalue weighted by atomic mass is 32.1. The van der Waals surface area contributed by atoms with E-state index in [9.17, 15) is 19.5 Å². The Labute approximate surface area is 297 Å². The second-order valence-electron chi connectivity index (χ2n) is 13.1. The highest BCUT2D eigenvalue weighted by Gasteiger charge is 2.31. The zero-order valence-electron chi connectivity index (χ0n) is 29.2. The maximum atomic E-state index is 13.9. The number of benzene rings is 2. The molecule has 4 rings (SSSR count). The minimum atomic E-state index is -1.06. The van der Waals surface area contributed by atoms with Crippen molar-refractivity contribution in [2.75, 3.05) is 7.05 Å². The molecule has 4 N–H and O–H groups in total. The third-order valence-corrected chi connectivity index (χ3v) is 8.85. The van der Waals surface area contributed by atoms with Crippen molar-refractivity contribution in [1.29, 1.82) is 0 Å². The van der Waals surface area contributed by atoms with Gasteiger partial charge in [0.15, 0.2) is 5.89 Å². The summed E-state index contributed by atoms with van der Waals surface area (Å²) in [6.45, 7) is 7.93. The lowest BCUT2D eigenvalue weighted by Crippen LogP contribution is -2.55. The summed E-state index contributed by atoms with van der Waals surface area (Å²) < 4.78 is 14.9. The summed E-state index contributed by atoms with van der Waals surface area (Å²) in [4.78, 5) is 46.7. The van der Waals surface area contributed by atoms with Crippen molar-refractivity contribution in [2.24, 2.45) is 5.92 Å². The predicted octanol–water partition coefficient (Wildman–Crippen LogP) is 5.44. The molecule has 2 heterocycles. The maximum Gasteiger partial charge on any atom is 0.407 e. The number of nitrogens with one attached hydrogen (secondary N) is 3. The Morgan fingerprint density at radius 2 is 1.58 bits per heavy atom. The lowest BCUT2D eigenvalue weighted by Gasteiger charge is -2.30. The fourth-order valence-corrected chi connectivity index (χ4v) is 5.88. The second-order valence-corrected chi connectivity index (χ2v) is 14.0. The molecule has 4 amide bonds. The van der Waals surface area contributed by atoms with Gasteiger partial charge in [-0.2, -0.15) is 0 Å². The van der Waals surface area contributed by atoms with E-state index < -0.39 is 36.4 Å². The van der Waals surface area contributed by atoms with E-state index in [-0.39, 0.29) is 37.3 Å². The lowest BCUT2D eigenvalue weighted by atomic mass is 9.93. The molecule has 0 radical (unpaired) electrons. The quantitative estimate of drug-likeness (QED) is 0.113. The van der Waals surface area contributed by atoms with E-state index in [1.165, 1.54) is 22.7 Å². The number of carbonyl (C=O) groups excluding carboxylic acids is 3. The number of aliphatic hydroxyl groups is 1. The summed E-state index contributed by atoms with van der Waals surface area (Å²) in [6, 6.07) is 18.4. The Morgan fingerprint density at radius 3 is 2.16 bits per heavy atom. The first-order chi connectivity index (χ1) is 24.0. The van der Waals surface area contributed by atoms with Crippen LogP contribution in [0.5, 0.6) is 0 Å². The number of urea groups is 1. The van der Waals surface area contributed by atoms with Crippen molar-refractivity contribution in [3.8, 4) is 0 Å². The Morgan fingerprint density at radius 1 is 0.920 bits per heavy atom. The summed E-state index contributed by atoms with van der Waals surface area (Å²) in [7, 11) is 1.63. The number of nitrogens with zero attached hydrogens (tertiary/aromatic N) is 3. The molecule has 0 aliphatic rings. The highest BCUT2D eigenvalue weighted by molar-refractivity contribution is 7.05. The molecule has 12 nitrogen and oxygen atoms in total. The van der Waals surface area contributed by atoms with E-state index in [4.69, 9.17) is 9.15 Å². The number of carbonyl (C=O) groups is 3. The molecule has 4 aromatic rings. The van der Waals surface area contributed by atoms with Crippen molar-refractivity contribution in [1.82, 2.24) is 30.2 Å². The van der Waals surface area contributed by atoms with Gasteiger partial charge in [0.2, 0.25) is 5.91 Å². The van der Waals surface area contributed by atoms with Gasteiger partial charge in [0.25, 0.3) is 0 Å². The molecule has 0 aliphatic heterocycles. The monoisotopic (exact) mass is 704 g/mol. The van der Waals surface area contributed by atoms with Gasteiger partial charge in [-0.3, -0.25) is 4.79 Å². The van der Waals surface area contributed by atoms with Crippen LogP contribution >= 0.6 is 11.5 Å². The van der Waals surface area contributed by atoms with Gasteiger partial charge in [-0.1, -0.05) is 88.4 Å². The second kappa shape index (κ2) is 18.9. The topological polar surface area (TPSA) is 159 Å². The molecular formula is C37H48N6O6S. The number of oxazole rings is 1. The molecule has 0 saturated carbocycles. The van der Waals surface area contributed by atoms with Gasteiger partial charge in [0, 0.05) is 25.2 Å². The Bertz CT molecular complexity index is 1620. The van der Waals surface area contributed by atoms with Gasteiger partial charge in [-0.15, -0.1) is 0 Å². The van der Waals surface area contributed by atoms with Crippen LogP contribution in [0.25, 0.3) is 0 Å². The summed E-state index contributed by atoms with van der Waals surface area (Å²) in [6.07, 6.45) is 2.32. The van der Waals surface area contributed by atoms with Crippen molar-refractivity contribution < 1.29 is 28.6 Å². The first-order valence-electron chi connectivity index (χ1n) is 16.8. The van der Waals surface area contributed by atoms with E-state index in [1.54, 1.807) is 19.3 Å². The SMILES string of the molecule is CC(C)c1nc(CN(C)C(=O)N[C@H](C(=O)N[C@@H](Cc2ccccc2)C[C@H](O)[C@H](Cc2ccccc2)NC(=O)OCc2ccns2)C(C)C)co1. The third-order valence-electron chi connectivity index (χ3n) is 8.14. The number of ether oxygens (including phenoxy) is 1. The molecule has 0 unspecified atom stereocenters. The van der Waals surface area contributed by atoms with Crippen LogP contribution in [0, 0.1) is 5.92 Å². The molecule has 0 fully saturated rings. The normalized spacial score (nSPS) is 13.7. The van der Waals surface area contributed by atoms with E-state index in [1.807, 2.05) is 88.4 Å². The van der Waals surface area contributed by atoms with Crippen LogP contribution in [-0.4, -0.2) is 68.7 Å². The number of alkyl carbamates (subject to hydrolysis) is 1. The van der Waals surface area contributed by atoms with E-state index in [0.29, 0.717) is 24.4 Å². The van der Waals surface area contributed by atoms with E-state index >= 15 is 0 Å². The van der Waals surface area contributed by atoms with Crippen LogP contribution in [0.4, 0.5) is 9.59 Å². The average molecular weight is 705 g/mol. The van der Waals surface area contributed by atoms with Crippen LogP contribution in [0.1, 0.15) is 67.6 Å². The molecule has 2 aromatic carbocycles. The molecule has 2 aromatic heterocycles. The lowest BCUT2D eigenvalue weighted by molar-refractivity contribution is -0.124. The molecule has 268 valence electrons. The van der Waals surface area contributed by atoms with E-state index in [0.717, 1.165) is 16.0 Å². The number of hydrogen-bond acceptors (Lipinski definition) is 9. The minimum absolute atomic E-state index is 0.0619. The molecule has 4 atom stereocenters. The molecule has 0 bridgehead atoms. The summed E-state index contributed by atoms with van der Waals surface area (Å²) in [5.41, 5.74) is 2.49. The summed E-state index contributed by atoms with van der Waals surface area (Å²) >= 11 is 1.24. The molecule has 0 spiro atoms. The number of aliphatic hydroxyl groups excluding tert-OH is 1. The predicted molar refractivity (Wildman–Crippen MR) is 191 cm³/mol. The molecule has 13 heteroatoms. The summed E-state index contributed by atoms with van der Waals surface area (Å²) in [5.74, 6) is 0.0885. The summed E-state index contributed by atoms with van der Waals surface area (Å²) in [5, 5.41) is 20.5. The first-order valence-corrected chi connectivity index (χ1v) is 17.6. The highest BCUT2D eigenvalue weighted by Crippen LogP contribution is 2.17. The van der Waals surface area contributed by atoms with Crippen LogP contribution in [-0.2, 0) is 35.5 Å². The average Bonchev–Trinajstić information content (AvgIpc) is 3.79. The number of rotatable bonds is 17. The third kappa shape index (κ3) is 12.0. The Hall–Kier alpha value is -4.75. The molecule has 50 heavy (non-hydrogen) atoms. The Kier molecular flexibility index (Phi) is 14.4. The van der Waals surface area contributed by atoms with Gasteiger partial charge in [0.1, 0.15) is 18.9 Å². The Balaban J connectivity index is 1.46. The van der Waals surface area contributed by atoms with Gasteiger partial charge < -0.3 is 35.1 Å². The van der Waals surface area contributed by atoms with Crippen molar-refractivity contribution in [3.05, 3.63) is 107 Å². The fraction of sp³-hybridized carbons (Fsp3) is 0.432. The van der Waals surface area contributed by atoms with Gasteiger partial charge >= 0.3 is 12.1 Å². The first kappa shape index (κ1) is 38.1. The van der Waals surface area contributed by atoms with Crippen LogP contribution in [0.2, 0.25) is 0 Å². The van der Waals surface area contributed by atoms with Gasteiger partial charge in [0.05, 0.1) is 29.3 Å². The number of aromatic nitrogens is 2. The largest absolute Gasteiger partial charge is 0.448 e. The standard InChI is InChI=1S/C37H48N6O6S/c1-24(2)33(42-36(46)43(5)21-29-22-48-35(40-29)25(3)4)34(45)39-28(18-26-12-8-6-9-13-26)20-32(44)31(19-27-14-10-7-11-15-27)41-37(47)49-23-30-16-17-38-50-30/h6-17,22,24-25,28,31-33,44H,18-21,23H2,1-5H3,(H,39,45)(H,41,47)(H,42,46)/t28-,31-,32-,33-/m0/s1. The van der Waals surface area contributed by atoms with E-state index in [2.05, 4.69) is 25.3 Å². The van der Waals surface area contributed by atoms with Crippen LogP contribution < -0.4 is 16.0 Å².